The van der Waals surface area contributed by atoms with E-state index >= 15 is 0 Å². The smallest absolute Gasteiger partial charge is 0.258 e. The number of ether oxygens (including phenoxy) is 2. The summed E-state index contributed by atoms with van der Waals surface area (Å²) in [6.07, 6.45) is -3.82. The second-order valence-electron chi connectivity index (χ2n) is 10.6. The standard InChI is InChI=1S/C27H30ClF3N4O5/c1-27(2,3)15-7-6-14(28)10-19(15)34(4)26(38)25-24(39-5)22(23(37)20(12-36)40-25)35-11-18(32-33-35)13-8-16(29)21(31)17(30)9-13/h6-11,20,22-25,36-37H,12H2,1-5H3/t20-,22+,23+,24-,25-/m1/s1. The van der Waals surface area contributed by atoms with E-state index in [4.69, 9.17) is 21.1 Å². The van der Waals surface area contributed by atoms with E-state index < -0.39 is 60.4 Å². The zero-order valence-corrected chi connectivity index (χ0v) is 23.2. The molecule has 1 aromatic heterocycles. The number of likely N-dealkylation sites (N-methyl/N-ethyl adjacent to an activating group) is 1. The van der Waals surface area contributed by atoms with Gasteiger partial charge >= 0.3 is 0 Å². The summed E-state index contributed by atoms with van der Waals surface area (Å²) in [6, 6.07) is 5.63. The number of aromatic nitrogens is 3. The third-order valence-electron chi connectivity index (χ3n) is 6.94. The highest BCUT2D eigenvalue weighted by Crippen LogP contribution is 2.37. The molecule has 13 heteroatoms. The van der Waals surface area contributed by atoms with E-state index in [1.54, 1.807) is 19.2 Å². The van der Waals surface area contributed by atoms with Crippen molar-refractivity contribution in [1.82, 2.24) is 15.0 Å². The molecular formula is C27H30ClF3N4O5. The maximum Gasteiger partial charge on any atom is 0.258 e. The van der Waals surface area contributed by atoms with Gasteiger partial charge in [0.15, 0.2) is 23.6 Å². The van der Waals surface area contributed by atoms with Gasteiger partial charge in [0.25, 0.3) is 5.91 Å². The number of benzene rings is 2. The zero-order valence-electron chi connectivity index (χ0n) is 22.5. The van der Waals surface area contributed by atoms with Gasteiger partial charge in [-0.05, 0) is 35.2 Å². The molecule has 0 spiro atoms. The van der Waals surface area contributed by atoms with Crippen molar-refractivity contribution >= 4 is 23.2 Å². The summed E-state index contributed by atoms with van der Waals surface area (Å²) < 4.78 is 53.7. The molecular weight excluding hydrogens is 553 g/mol. The van der Waals surface area contributed by atoms with Gasteiger partial charge in [-0.15, -0.1) is 5.10 Å². The maximum atomic E-state index is 13.9. The van der Waals surface area contributed by atoms with Crippen molar-refractivity contribution in [3.63, 3.8) is 0 Å². The lowest BCUT2D eigenvalue weighted by molar-refractivity contribution is -0.211. The number of hydrogen-bond acceptors (Lipinski definition) is 7. The van der Waals surface area contributed by atoms with Crippen LogP contribution in [0.1, 0.15) is 32.4 Å². The number of rotatable bonds is 6. The summed E-state index contributed by atoms with van der Waals surface area (Å²) in [5.41, 5.74) is 0.911. The lowest BCUT2D eigenvalue weighted by atomic mass is 9.85. The summed E-state index contributed by atoms with van der Waals surface area (Å²) in [7, 11) is 2.87. The lowest BCUT2D eigenvalue weighted by Gasteiger charge is -2.44. The van der Waals surface area contributed by atoms with Crippen LogP contribution in [0.3, 0.4) is 0 Å². The number of carbonyl (C=O) groups is 1. The van der Waals surface area contributed by atoms with Crippen molar-refractivity contribution in [2.24, 2.45) is 0 Å². The summed E-state index contributed by atoms with van der Waals surface area (Å²) in [5, 5.41) is 29.3. The molecule has 216 valence electrons. The van der Waals surface area contributed by atoms with Crippen LogP contribution in [0.2, 0.25) is 5.02 Å². The Labute approximate surface area is 234 Å². The van der Waals surface area contributed by atoms with Gasteiger partial charge in [-0.25, -0.2) is 17.9 Å². The van der Waals surface area contributed by atoms with E-state index in [1.807, 2.05) is 26.8 Å². The third kappa shape index (κ3) is 5.59. The number of halogens is 4. The van der Waals surface area contributed by atoms with Gasteiger partial charge in [0.05, 0.1) is 12.8 Å². The summed E-state index contributed by atoms with van der Waals surface area (Å²) >= 11 is 6.26. The molecule has 3 aromatic rings. The normalized spacial score (nSPS) is 23.3. The van der Waals surface area contributed by atoms with Gasteiger partial charge < -0.3 is 24.6 Å². The number of aliphatic hydroxyl groups excluding tert-OH is 2. The average molecular weight is 583 g/mol. The van der Waals surface area contributed by atoms with Crippen LogP contribution in [0, 0.1) is 17.5 Å². The van der Waals surface area contributed by atoms with Crippen LogP contribution in [0.4, 0.5) is 18.9 Å². The molecule has 0 saturated carbocycles. The van der Waals surface area contributed by atoms with E-state index in [0.29, 0.717) is 10.7 Å². The van der Waals surface area contributed by atoms with Crippen molar-refractivity contribution in [3.05, 3.63) is 64.6 Å². The van der Waals surface area contributed by atoms with E-state index in [2.05, 4.69) is 10.3 Å². The fourth-order valence-electron chi connectivity index (χ4n) is 4.84. The lowest BCUT2D eigenvalue weighted by Crippen LogP contribution is -2.61. The SMILES string of the molecule is CO[C@@H]1[C@@H](n2cc(-c3cc(F)c(F)c(F)c3)nn2)[C@@H](O)[C@@H](CO)O[C@H]1C(=O)N(C)c1cc(Cl)ccc1C(C)(C)C. The second-order valence-corrected chi connectivity index (χ2v) is 11.0. The minimum absolute atomic E-state index is 0.0272. The Hall–Kier alpha value is -3.03. The van der Waals surface area contributed by atoms with Crippen molar-refractivity contribution in [2.45, 2.75) is 56.6 Å². The topological polar surface area (TPSA) is 110 Å². The Balaban J connectivity index is 1.72. The number of carbonyl (C=O) groups excluding carboxylic acids is 1. The molecule has 1 aliphatic heterocycles. The van der Waals surface area contributed by atoms with Gasteiger partial charge in [0, 0.05) is 30.4 Å². The summed E-state index contributed by atoms with van der Waals surface area (Å²) in [4.78, 5) is 15.3. The molecule has 2 aromatic carbocycles. The number of anilines is 1. The fraction of sp³-hybridized carbons (Fsp3) is 0.444. The van der Waals surface area contributed by atoms with Crippen molar-refractivity contribution in [3.8, 4) is 11.3 Å². The highest BCUT2D eigenvalue weighted by Gasteiger charge is 2.50. The fourth-order valence-corrected chi connectivity index (χ4v) is 5.01. The third-order valence-corrected chi connectivity index (χ3v) is 7.17. The first-order valence-electron chi connectivity index (χ1n) is 12.4. The summed E-state index contributed by atoms with van der Waals surface area (Å²) in [6.45, 7) is 5.33. The molecule has 9 nitrogen and oxygen atoms in total. The van der Waals surface area contributed by atoms with Crippen LogP contribution in [-0.4, -0.2) is 76.3 Å². The largest absolute Gasteiger partial charge is 0.394 e. The minimum atomic E-state index is -1.62. The monoisotopic (exact) mass is 582 g/mol. The van der Waals surface area contributed by atoms with E-state index in [9.17, 15) is 28.2 Å². The highest BCUT2D eigenvalue weighted by molar-refractivity contribution is 6.31. The highest BCUT2D eigenvalue weighted by atomic mass is 35.5. The Morgan fingerprint density at radius 2 is 1.85 bits per heavy atom. The number of methoxy groups -OCH3 is 1. The Kier molecular flexibility index (Phi) is 8.57. The molecule has 5 atom stereocenters. The van der Waals surface area contributed by atoms with Crippen LogP contribution < -0.4 is 4.90 Å². The molecule has 1 saturated heterocycles. The first kappa shape index (κ1) is 29.9. The minimum Gasteiger partial charge on any atom is -0.394 e. The number of aliphatic hydroxyl groups is 2. The van der Waals surface area contributed by atoms with Gasteiger partial charge in [0.1, 0.15) is 30.0 Å². The number of nitrogens with zero attached hydrogens (tertiary/aromatic N) is 4. The van der Waals surface area contributed by atoms with Gasteiger partial charge in [-0.1, -0.05) is 43.7 Å². The zero-order chi connectivity index (χ0) is 29.5. The molecule has 2 N–H and O–H groups in total. The maximum absolute atomic E-state index is 13.9. The molecule has 4 rings (SSSR count). The first-order chi connectivity index (χ1) is 18.8. The second kappa shape index (κ2) is 11.5. The number of amides is 1. The molecule has 1 fully saturated rings. The van der Waals surface area contributed by atoms with Crippen molar-refractivity contribution < 1.29 is 37.7 Å². The Bertz CT molecular complexity index is 1380. The van der Waals surface area contributed by atoms with Gasteiger partial charge in [-0.3, -0.25) is 4.79 Å². The van der Waals surface area contributed by atoms with E-state index in [1.165, 1.54) is 22.9 Å². The predicted molar refractivity (Wildman–Crippen MR) is 140 cm³/mol. The van der Waals surface area contributed by atoms with E-state index in [0.717, 1.165) is 17.7 Å². The van der Waals surface area contributed by atoms with Crippen LogP contribution in [0.15, 0.2) is 36.5 Å². The average Bonchev–Trinajstić information content (AvgIpc) is 3.39. The molecule has 0 radical (unpaired) electrons. The van der Waals surface area contributed by atoms with Crippen molar-refractivity contribution in [1.29, 1.82) is 0 Å². The predicted octanol–water partition coefficient (Wildman–Crippen LogP) is 3.65. The Morgan fingerprint density at radius 1 is 1.20 bits per heavy atom. The molecule has 40 heavy (non-hydrogen) atoms. The Morgan fingerprint density at radius 3 is 2.42 bits per heavy atom. The molecule has 0 aliphatic carbocycles. The van der Waals surface area contributed by atoms with Crippen molar-refractivity contribution in [2.75, 3.05) is 25.7 Å². The van der Waals surface area contributed by atoms with Gasteiger partial charge in [-0.2, -0.15) is 0 Å². The molecule has 2 heterocycles. The van der Waals surface area contributed by atoms with Gasteiger partial charge in [0.2, 0.25) is 0 Å². The molecule has 1 aliphatic rings. The van der Waals surface area contributed by atoms with E-state index in [-0.39, 0.29) is 16.7 Å². The van der Waals surface area contributed by atoms with Crippen LogP contribution in [0.25, 0.3) is 11.3 Å². The van der Waals surface area contributed by atoms with Crippen LogP contribution in [-0.2, 0) is 19.7 Å². The quantitative estimate of drug-likeness (QED) is 0.427. The molecule has 0 unspecified atom stereocenters. The number of hydrogen-bond donors (Lipinski definition) is 2. The summed E-state index contributed by atoms with van der Waals surface area (Å²) in [5.74, 6) is -4.98. The van der Waals surface area contributed by atoms with Crippen LogP contribution in [0.5, 0.6) is 0 Å². The molecule has 0 bridgehead atoms. The molecule has 1 amide bonds. The first-order valence-corrected chi connectivity index (χ1v) is 12.8. The van der Waals surface area contributed by atoms with Crippen LogP contribution >= 0.6 is 11.6 Å².